The molecule has 1 aromatic rings. The van der Waals surface area contributed by atoms with Crippen LogP contribution in [-0.2, 0) is 18.4 Å². The van der Waals surface area contributed by atoms with E-state index in [1.165, 1.54) is 0 Å². The molecule has 0 radical (unpaired) electrons. The third kappa shape index (κ3) is 4.14. The molecule has 18 heavy (non-hydrogen) atoms. The van der Waals surface area contributed by atoms with E-state index in [1.54, 1.807) is 25.3 Å². The smallest absolute Gasteiger partial charge is 0.239 e. The average Bonchev–Trinajstić information content (AvgIpc) is 2.68. The Hall–Kier alpha value is -1.36. The number of rotatable bonds is 6. The van der Waals surface area contributed by atoms with Gasteiger partial charge in [0.05, 0.1) is 18.1 Å². The molecule has 1 heterocycles. The van der Waals surface area contributed by atoms with Gasteiger partial charge in [-0.25, -0.2) is 4.98 Å². The van der Waals surface area contributed by atoms with E-state index in [0.717, 1.165) is 12.1 Å². The highest BCUT2D eigenvalue weighted by molar-refractivity contribution is 5.81. The summed E-state index contributed by atoms with van der Waals surface area (Å²) in [5.41, 5.74) is 1.08. The number of likely N-dealkylation sites (N-methyl/N-ethyl adjacent to an activating group) is 1. The number of aromatic nitrogens is 2. The quantitative estimate of drug-likeness (QED) is 0.822. The lowest BCUT2D eigenvalue weighted by Crippen LogP contribution is -2.44. The van der Waals surface area contributed by atoms with E-state index in [2.05, 4.69) is 24.1 Å². The summed E-state index contributed by atoms with van der Waals surface area (Å²) < 4.78 is 1.96. The third-order valence-electron chi connectivity index (χ3n) is 2.89. The monoisotopic (exact) mass is 252 g/mol. The molecule has 0 saturated heterocycles. The Labute approximate surface area is 109 Å². The molecule has 0 spiro atoms. The van der Waals surface area contributed by atoms with Gasteiger partial charge in [0.2, 0.25) is 5.91 Å². The largest absolute Gasteiger partial charge is 0.347 e. The molecular formula is C13H24N4O. The van der Waals surface area contributed by atoms with Gasteiger partial charge < -0.3 is 14.8 Å². The number of nitrogens with zero attached hydrogens (tertiary/aromatic N) is 3. The van der Waals surface area contributed by atoms with Crippen LogP contribution in [-0.4, -0.2) is 40.5 Å². The molecule has 0 aliphatic rings. The molecule has 102 valence electrons. The van der Waals surface area contributed by atoms with Crippen LogP contribution < -0.4 is 5.32 Å². The van der Waals surface area contributed by atoms with E-state index in [9.17, 15) is 4.79 Å². The van der Waals surface area contributed by atoms with Gasteiger partial charge in [-0.1, -0.05) is 13.8 Å². The van der Waals surface area contributed by atoms with Crippen molar-refractivity contribution in [2.75, 3.05) is 14.1 Å². The number of imidazole rings is 1. The second-order valence-electron chi connectivity index (χ2n) is 5.29. The van der Waals surface area contributed by atoms with Crippen molar-refractivity contribution in [1.29, 1.82) is 0 Å². The average molecular weight is 252 g/mol. The summed E-state index contributed by atoms with van der Waals surface area (Å²) in [6, 6.07) is -0.130. The van der Waals surface area contributed by atoms with Gasteiger partial charge in [0.1, 0.15) is 0 Å². The van der Waals surface area contributed by atoms with Crippen LogP contribution in [0.1, 0.15) is 26.0 Å². The highest BCUT2D eigenvalue weighted by atomic mass is 16.2. The van der Waals surface area contributed by atoms with Crippen molar-refractivity contribution < 1.29 is 4.79 Å². The normalized spacial score (nSPS) is 12.8. The lowest BCUT2D eigenvalue weighted by Gasteiger charge is -2.23. The fraction of sp³-hybridized carbons (Fsp3) is 0.692. The van der Waals surface area contributed by atoms with E-state index < -0.39 is 0 Å². The Balaban J connectivity index is 2.61. The molecule has 1 atom stereocenters. The van der Waals surface area contributed by atoms with Crippen LogP contribution >= 0.6 is 0 Å². The number of aryl methyl sites for hydroxylation is 1. The van der Waals surface area contributed by atoms with Crippen molar-refractivity contribution in [3.63, 3.8) is 0 Å². The zero-order valence-corrected chi connectivity index (χ0v) is 12.0. The molecule has 0 bridgehead atoms. The van der Waals surface area contributed by atoms with Crippen LogP contribution in [0.4, 0.5) is 0 Å². The molecule has 1 aromatic heterocycles. The zero-order valence-electron chi connectivity index (χ0n) is 12.0. The number of hydrogen-bond donors (Lipinski definition) is 1. The fourth-order valence-electron chi connectivity index (χ4n) is 1.84. The second kappa shape index (κ2) is 6.54. The van der Waals surface area contributed by atoms with Gasteiger partial charge in [0.15, 0.2) is 0 Å². The molecule has 0 fully saturated rings. The third-order valence-corrected chi connectivity index (χ3v) is 2.89. The molecule has 1 rings (SSSR count). The number of amides is 1. The summed E-state index contributed by atoms with van der Waals surface area (Å²) in [5.74, 6) is 0.615. The van der Waals surface area contributed by atoms with Gasteiger partial charge >= 0.3 is 0 Å². The van der Waals surface area contributed by atoms with Crippen LogP contribution in [0.5, 0.6) is 0 Å². The molecule has 5 nitrogen and oxygen atoms in total. The summed E-state index contributed by atoms with van der Waals surface area (Å²) in [7, 11) is 5.54. The van der Waals surface area contributed by atoms with Crippen molar-refractivity contribution in [3.05, 3.63) is 18.2 Å². The first kappa shape index (κ1) is 14.7. The highest BCUT2D eigenvalue weighted by Crippen LogP contribution is 2.08. The summed E-state index contributed by atoms with van der Waals surface area (Å²) in [6.07, 6.45) is 4.43. The Morgan fingerprint density at radius 3 is 2.61 bits per heavy atom. The van der Waals surface area contributed by atoms with E-state index in [-0.39, 0.29) is 11.9 Å². The maximum atomic E-state index is 12.1. The van der Waals surface area contributed by atoms with Gasteiger partial charge in [-0.05, 0) is 12.3 Å². The van der Waals surface area contributed by atoms with Crippen LogP contribution in [0.15, 0.2) is 12.5 Å². The van der Waals surface area contributed by atoms with Gasteiger partial charge in [-0.15, -0.1) is 0 Å². The number of carbonyl (C=O) groups excluding carboxylic acids is 1. The van der Waals surface area contributed by atoms with Crippen molar-refractivity contribution in [2.24, 2.45) is 13.0 Å². The maximum Gasteiger partial charge on any atom is 0.239 e. The second-order valence-corrected chi connectivity index (χ2v) is 5.29. The molecule has 0 saturated carbocycles. The van der Waals surface area contributed by atoms with Gasteiger partial charge in [0, 0.05) is 33.9 Å². The SMILES string of the molecule is CC(C)CC(NCc1cncn1C)C(=O)N(C)C. The fourth-order valence-corrected chi connectivity index (χ4v) is 1.84. The maximum absolute atomic E-state index is 12.1. The van der Waals surface area contributed by atoms with Crippen molar-refractivity contribution in [1.82, 2.24) is 19.8 Å². The van der Waals surface area contributed by atoms with E-state index >= 15 is 0 Å². The first-order valence-corrected chi connectivity index (χ1v) is 6.31. The van der Waals surface area contributed by atoms with Gasteiger partial charge in [-0.3, -0.25) is 4.79 Å². The minimum atomic E-state index is -0.130. The minimum Gasteiger partial charge on any atom is -0.347 e. The lowest BCUT2D eigenvalue weighted by molar-refractivity contribution is -0.131. The molecule has 0 aromatic carbocycles. The van der Waals surface area contributed by atoms with Crippen LogP contribution in [0.2, 0.25) is 0 Å². The highest BCUT2D eigenvalue weighted by Gasteiger charge is 2.20. The topological polar surface area (TPSA) is 50.2 Å². The molecule has 5 heteroatoms. The van der Waals surface area contributed by atoms with Crippen molar-refractivity contribution >= 4 is 5.91 Å². The minimum absolute atomic E-state index is 0.130. The summed E-state index contributed by atoms with van der Waals surface area (Å²) in [6.45, 7) is 4.91. The summed E-state index contributed by atoms with van der Waals surface area (Å²) >= 11 is 0. The van der Waals surface area contributed by atoms with Crippen LogP contribution in [0, 0.1) is 5.92 Å². The Kier molecular flexibility index (Phi) is 5.34. The summed E-state index contributed by atoms with van der Waals surface area (Å²) in [5, 5.41) is 3.32. The van der Waals surface area contributed by atoms with Crippen LogP contribution in [0.3, 0.4) is 0 Å². The standard InChI is InChI=1S/C13H24N4O/c1-10(2)6-12(13(18)16(3)4)15-8-11-7-14-9-17(11)5/h7,9-10,12,15H,6,8H2,1-5H3. The zero-order chi connectivity index (χ0) is 13.7. The number of hydrogen-bond acceptors (Lipinski definition) is 3. The predicted molar refractivity (Wildman–Crippen MR) is 72.0 cm³/mol. The van der Waals surface area contributed by atoms with E-state index in [0.29, 0.717) is 12.5 Å². The van der Waals surface area contributed by atoms with Gasteiger partial charge in [0.25, 0.3) is 0 Å². The predicted octanol–water partition coefficient (Wildman–Crippen LogP) is 1.01. The number of nitrogens with one attached hydrogen (secondary N) is 1. The lowest BCUT2D eigenvalue weighted by atomic mass is 10.0. The van der Waals surface area contributed by atoms with Crippen LogP contribution in [0.25, 0.3) is 0 Å². The molecule has 1 amide bonds. The first-order valence-electron chi connectivity index (χ1n) is 6.31. The van der Waals surface area contributed by atoms with Gasteiger partial charge in [-0.2, -0.15) is 0 Å². The molecule has 0 aliphatic carbocycles. The molecule has 1 N–H and O–H groups in total. The molecule has 1 unspecified atom stereocenters. The molecule has 0 aliphatic heterocycles. The Morgan fingerprint density at radius 1 is 1.50 bits per heavy atom. The number of carbonyl (C=O) groups is 1. The summed E-state index contributed by atoms with van der Waals surface area (Å²) in [4.78, 5) is 17.8. The Morgan fingerprint density at radius 2 is 2.17 bits per heavy atom. The van der Waals surface area contributed by atoms with E-state index in [4.69, 9.17) is 0 Å². The van der Waals surface area contributed by atoms with Crippen molar-refractivity contribution in [2.45, 2.75) is 32.9 Å². The molecular weight excluding hydrogens is 228 g/mol. The first-order chi connectivity index (χ1) is 8.41. The van der Waals surface area contributed by atoms with Crippen molar-refractivity contribution in [3.8, 4) is 0 Å². The van der Waals surface area contributed by atoms with E-state index in [1.807, 2.05) is 17.8 Å². The Bertz CT molecular complexity index is 384.